The molecule has 0 radical (unpaired) electrons. The first-order valence-electron chi connectivity index (χ1n) is 5.79. The van der Waals surface area contributed by atoms with E-state index in [1.165, 1.54) is 0 Å². The molecule has 98 valence electrons. The molecule has 2 N–H and O–H groups in total. The van der Waals surface area contributed by atoms with Crippen molar-refractivity contribution in [2.45, 2.75) is 39.3 Å². The average Bonchev–Trinajstić information content (AvgIpc) is 2.57. The van der Waals surface area contributed by atoms with E-state index in [1.807, 2.05) is 20.8 Å². The number of hydrogen-bond donors (Lipinski definition) is 2. The van der Waals surface area contributed by atoms with E-state index in [0.717, 1.165) is 17.0 Å². The highest BCUT2D eigenvalue weighted by Crippen LogP contribution is 2.15. The number of aromatic nitrogens is 1. The van der Waals surface area contributed by atoms with Crippen molar-refractivity contribution in [2.24, 2.45) is 0 Å². The number of nitrogens with zero attached hydrogens (tertiary/aromatic N) is 1. The zero-order valence-corrected chi connectivity index (χ0v) is 11.0. The summed E-state index contributed by atoms with van der Waals surface area (Å²) >= 11 is 0. The highest BCUT2D eigenvalue weighted by atomic mass is 16.5. The van der Waals surface area contributed by atoms with E-state index >= 15 is 0 Å². The molecule has 1 aromatic heterocycles. The van der Waals surface area contributed by atoms with Gasteiger partial charge < -0.3 is 19.7 Å². The SMILES string of the molecule is COC[C@](C)(CCO)NCc1c(C)noc1C. The highest BCUT2D eigenvalue weighted by molar-refractivity contribution is 5.20. The van der Waals surface area contributed by atoms with Crippen molar-refractivity contribution in [3.8, 4) is 0 Å². The Morgan fingerprint density at radius 1 is 1.47 bits per heavy atom. The van der Waals surface area contributed by atoms with Gasteiger partial charge in [-0.1, -0.05) is 5.16 Å². The quantitative estimate of drug-likeness (QED) is 0.751. The predicted octanol–water partition coefficient (Wildman–Crippen LogP) is 1.17. The van der Waals surface area contributed by atoms with Gasteiger partial charge in [-0.2, -0.15) is 0 Å². The summed E-state index contributed by atoms with van der Waals surface area (Å²) in [6, 6.07) is 0. The second-order valence-corrected chi connectivity index (χ2v) is 4.62. The number of hydrogen-bond acceptors (Lipinski definition) is 5. The minimum absolute atomic E-state index is 0.133. The molecule has 0 aliphatic heterocycles. The van der Waals surface area contributed by atoms with Crippen molar-refractivity contribution in [1.82, 2.24) is 10.5 Å². The van der Waals surface area contributed by atoms with Crippen molar-refractivity contribution in [3.05, 3.63) is 17.0 Å². The first-order valence-corrected chi connectivity index (χ1v) is 5.79. The molecule has 0 amide bonds. The van der Waals surface area contributed by atoms with Crippen LogP contribution in [-0.2, 0) is 11.3 Å². The monoisotopic (exact) mass is 242 g/mol. The Hall–Kier alpha value is -0.910. The maximum Gasteiger partial charge on any atom is 0.138 e. The van der Waals surface area contributed by atoms with Gasteiger partial charge in [0, 0.05) is 31.4 Å². The van der Waals surface area contributed by atoms with Gasteiger partial charge in [0.25, 0.3) is 0 Å². The normalized spacial score (nSPS) is 14.9. The number of aryl methyl sites for hydroxylation is 2. The van der Waals surface area contributed by atoms with Crippen LogP contribution < -0.4 is 5.32 Å². The highest BCUT2D eigenvalue weighted by Gasteiger charge is 2.24. The molecule has 0 unspecified atom stereocenters. The number of methoxy groups -OCH3 is 1. The van der Waals surface area contributed by atoms with Gasteiger partial charge in [0.1, 0.15) is 5.76 Å². The molecule has 5 heteroatoms. The molecule has 0 aliphatic rings. The fourth-order valence-electron chi connectivity index (χ4n) is 1.83. The van der Waals surface area contributed by atoms with Crippen molar-refractivity contribution >= 4 is 0 Å². The maximum atomic E-state index is 9.07. The zero-order valence-electron chi connectivity index (χ0n) is 11.0. The van der Waals surface area contributed by atoms with Gasteiger partial charge in [-0.25, -0.2) is 0 Å². The number of rotatable bonds is 7. The molecule has 0 aliphatic carbocycles. The number of aliphatic hydroxyl groups is 1. The van der Waals surface area contributed by atoms with Crippen molar-refractivity contribution < 1.29 is 14.4 Å². The van der Waals surface area contributed by atoms with Gasteiger partial charge in [-0.05, 0) is 27.2 Å². The topological polar surface area (TPSA) is 67.5 Å². The van der Waals surface area contributed by atoms with Gasteiger partial charge in [-0.15, -0.1) is 0 Å². The molecular formula is C12H22N2O3. The first kappa shape index (κ1) is 14.2. The van der Waals surface area contributed by atoms with Crippen LogP contribution in [0.15, 0.2) is 4.52 Å². The number of aliphatic hydroxyl groups excluding tert-OH is 1. The summed E-state index contributed by atoms with van der Waals surface area (Å²) in [6.45, 7) is 7.21. The standard InChI is InChI=1S/C12H22N2O3/c1-9-11(10(2)17-14-9)7-13-12(3,5-6-15)8-16-4/h13,15H,5-8H2,1-4H3/t12-/m0/s1. The minimum Gasteiger partial charge on any atom is -0.396 e. The second kappa shape index (κ2) is 6.14. The van der Waals surface area contributed by atoms with Gasteiger partial charge in [0.15, 0.2) is 0 Å². The smallest absolute Gasteiger partial charge is 0.138 e. The Morgan fingerprint density at radius 2 is 2.18 bits per heavy atom. The van der Waals surface area contributed by atoms with Gasteiger partial charge in [-0.3, -0.25) is 0 Å². The summed E-state index contributed by atoms with van der Waals surface area (Å²) in [7, 11) is 1.66. The summed E-state index contributed by atoms with van der Waals surface area (Å²) in [5.41, 5.74) is 1.74. The molecule has 0 aromatic carbocycles. The lowest BCUT2D eigenvalue weighted by molar-refractivity contribution is 0.0968. The Morgan fingerprint density at radius 3 is 2.65 bits per heavy atom. The summed E-state index contributed by atoms with van der Waals surface area (Å²) in [4.78, 5) is 0. The van der Waals surface area contributed by atoms with Crippen LogP contribution in [0.4, 0.5) is 0 Å². The molecular weight excluding hydrogens is 220 g/mol. The molecule has 1 atom stereocenters. The second-order valence-electron chi connectivity index (χ2n) is 4.62. The van der Waals surface area contributed by atoms with Crippen molar-refractivity contribution in [3.63, 3.8) is 0 Å². The van der Waals surface area contributed by atoms with E-state index in [2.05, 4.69) is 10.5 Å². The average molecular weight is 242 g/mol. The Balaban J connectivity index is 2.63. The molecule has 0 saturated carbocycles. The van der Waals surface area contributed by atoms with Crippen molar-refractivity contribution in [2.75, 3.05) is 20.3 Å². The van der Waals surface area contributed by atoms with Crippen LogP contribution >= 0.6 is 0 Å². The zero-order chi connectivity index (χ0) is 12.9. The van der Waals surface area contributed by atoms with Crippen LogP contribution in [0.2, 0.25) is 0 Å². The fourth-order valence-corrected chi connectivity index (χ4v) is 1.83. The third-order valence-corrected chi connectivity index (χ3v) is 3.00. The van der Waals surface area contributed by atoms with E-state index < -0.39 is 0 Å². The van der Waals surface area contributed by atoms with Gasteiger partial charge >= 0.3 is 0 Å². The summed E-state index contributed by atoms with van der Waals surface area (Å²) < 4.78 is 10.3. The van der Waals surface area contributed by atoms with E-state index in [1.54, 1.807) is 7.11 Å². The van der Waals surface area contributed by atoms with Crippen LogP contribution in [0.25, 0.3) is 0 Å². The number of ether oxygens (including phenoxy) is 1. The Kier molecular flexibility index (Phi) is 5.11. The molecule has 0 spiro atoms. The van der Waals surface area contributed by atoms with Crippen molar-refractivity contribution in [1.29, 1.82) is 0 Å². The predicted molar refractivity (Wildman–Crippen MR) is 64.8 cm³/mol. The lowest BCUT2D eigenvalue weighted by Gasteiger charge is -2.29. The molecule has 1 rings (SSSR count). The maximum absolute atomic E-state index is 9.07. The van der Waals surface area contributed by atoms with Gasteiger partial charge in [0.05, 0.1) is 12.3 Å². The molecule has 1 aromatic rings. The lowest BCUT2D eigenvalue weighted by atomic mass is 9.99. The van der Waals surface area contributed by atoms with Crippen LogP contribution in [0, 0.1) is 13.8 Å². The molecule has 0 fully saturated rings. The largest absolute Gasteiger partial charge is 0.396 e. The van der Waals surface area contributed by atoms with Crippen LogP contribution in [-0.4, -0.2) is 36.1 Å². The van der Waals surface area contributed by atoms with E-state index in [-0.39, 0.29) is 12.1 Å². The lowest BCUT2D eigenvalue weighted by Crippen LogP contribution is -2.46. The molecule has 0 bridgehead atoms. The van der Waals surface area contributed by atoms with E-state index in [4.69, 9.17) is 14.4 Å². The minimum atomic E-state index is -0.236. The third-order valence-electron chi connectivity index (χ3n) is 3.00. The number of nitrogens with one attached hydrogen (secondary N) is 1. The fraction of sp³-hybridized carbons (Fsp3) is 0.750. The summed E-state index contributed by atoms with van der Waals surface area (Å²) in [5, 5.41) is 16.4. The van der Waals surface area contributed by atoms with Crippen LogP contribution in [0.3, 0.4) is 0 Å². The molecule has 5 nitrogen and oxygen atoms in total. The molecule has 0 saturated heterocycles. The van der Waals surface area contributed by atoms with Crippen LogP contribution in [0.1, 0.15) is 30.4 Å². The first-order chi connectivity index (χ1) is 8.02. The summed E-state index contributed by atoms with van der Waals surface area (Å²) in [6.07, 6.45) is 0.643. The van der Waals surface area contributed by atoms with Gasteiger partial charge in [0.2, 0.25) is 0 Å². The summed E-state index contributed by atoms with van der Waals surface area (Å²) in [5.74, 6) is 0.832. The third kappa shape index (κ3) is 3.80. The van der Waals surface area contributed by atoms with E-state index in [9.17, 15) is 0 Å². The Labute approximate surface area is 102 Å². The van der Waals surface area contributed by atoms with Crippen LogP contribution in [0.5, 0.6) is 0 Å². The molecule has 1 heterocycles. The Bertz CT molecular complexity index is 324. The molecule has 17 heavy (non-hydrogen) atoms. The van der Waals surface area contributed by atoms with E-state index in [0.29, 0.717) is 19.6 Å².